The van der Waals surface area contributed by atoms with Gasteiger partial charge in [-0.1, -0.05) is 136 Å². The van der Waals surface area contributed by atoms with Crippen molar-refractivity contribution in [1.82, 2.24) is 0 Å². The van der Waals surface area contributed by atoms with Crippen molar-refractivity contribution in [3.8, 4) is 0 Å². The molecule has 0 rings (SSSR count). The highest BCUT2D eigenvalue weighted by molar-refractivity contribution is 5.57. The summed E-state index contributed by atoms with van der Waals surface area (Å²) in [5, 5.41) is 9.53. The molecule has 0 amide bonds. The number of unbranched alkanes of at least 4 members (excludes halogenated alkanes) is 18. The highest BCUT2D eigenvalue weighted by Gasteiger charge is 2.33. The van der Waals surface area contributed by atoms with Crippen LogP contribution in [0.4, 0.5) is 4.79 Å². The molecule has 1 N–H and O–H groups in total. The van der Waals surface area contributed by atoms with Gasteiger partial charge in [-0.3, -0.25) is 0 Å². The van der Waals surface area contributed by atoms with E-state index in [0.717, 1.165) is 38.5 Å². The molecule has 32 heavy (non-hydrogen) atoms. The second-order valence-corrected chi connectivity index (χ2v) is 10.2. The Morgan fingerprint density at radius 1 is 0.500 bits per heavy atom. The quantitative estimate of drug-likeness (QED) is 0.110. The fraction of sp³-hybridized carbons (Fsp3) is 0.966. The fourth-order valence-corrected chi connectivity index (χ4v) is 4.93. The largest absolute Gasteiger partial charge is 0.506 e. The topological polar surface area (TPSA) is 46.5 Å². The maximum atomic E-state index is 11.6. The van der Waals surface area contributed by atoms with Gasteiger partial charge < -0.3 is 9.84 Å². The van der Waals surface area contributed by atoms with Gasteiger partial charge in [-0.25, -0.2) is 4.79 Å². The number of rotatable bonds is 25. The summed E-state index contributed by atoms with van der Waals surface area (Å²) in [6.07, 6.45) is 28.3. The SMILES string of the molecule is CCCCCCCCCC(CCCCCCCCC)(CCCCCCCCC)OC(=O)O. The van der Waals surface area contributed by atoms with Crippen LogP contribution in [-0.4, -0.2) is 16.9 Å². The molecule has 0 aliphatic rings. The molecule has 0 aromatic carbocycles. The molecule has 0 saturated carbocycles. The first-order valence-corrected chi connectivity index (χ1v) is 14.5. The Labute approximate surface area is 201 Å². The number of hydrogen-bond donors (Lipinski definition) is 1. The minimum absolute atomic E-state index is 0.442. The van der Waals surface area contributed by atoms with E-state index >= 15 is 0 Å². The monoisotopic (exact) mass is 454 g/mol. The zero-order valence-electron chi connectivity index (χ0n) is 22.2. The van der Waals surface area contributed by atoms with Gasteiger partial charge in [-0.05, 0) is 38.5 Å². The first-order valence-electron chi connectivity index (χ1n) is 14.5. The molecule has 0 fully saturated rings. The second-order valence-electron chi connectivity index (χ2n) is 10.2. The molecule has 0 saturated heterocycles. The van der Waals surface area contributed by atoms with E-state index in [2.05, 4.69) is 20.8 Å². The maximum absolute atomic E-state index is 11.6. The highest BCUT2D eigenvalue weighted by Crippen LogP contribution is 2.33. The predicted molar refractivity (Wildman–Crippen MR) is 140 cm³/mol. The molecule has 192 valence electrons. The fourth-order valence-electron chi connectivity index (χ4n) is 4.93. The summed E-state index contributed by atoms with van der Waals surface area (Å²) < 4.78 is 5.69. The molecule has 3 nitrogen and oxygen atoms in total. The Hall–Kier alpha value is -0.730. The first-order chi connectivity index (χ1) is 15.6. The molecular weight excluding hydrogens is 396 g/mol. The van der Waals surface area contributed by atoms with Crippen LogP contribution in [0.1, 0.15) is 175 Å². The van der Waals surface area contributed by atoms with Crippen molar-refractivity contribution in [3.63, 3.8) is 0 Å². The van der Waals surface area contributed by atoms with Crippen LogP contribution in [0.5, 0.6) is 0 Å². The van der Waals surface area contributed by atoms with Crippen molar-refractivity contribution >= 4 is 6.16 Å². The maximum Gasteiger partial charge on any atom is 0.506 e. The molecule has 0 aliphatic carbocycles. The molecule has 0 unspecified atom stereocenters. The van der Waals surface area contributed by atoms with Crippen molar-refractivity contribution in [2.75, 3.05) is 0 Å². The molecule has 0 aliphatic heterocycles. The Balaban J connectivity index is 4.57. The van der Waals surface area contributed by atoms with Crippen LogP contribution in [0, 0.1) is 0 Å². The van der Waals surface area contributed by atoms with Crippen LogP contribution < -0.4 is 0 Å². The number of carbonyl (C=O) groups is 1. The zero-order valence-corrected chi connectivity index (χ0v) is 22.2. The van der Waals surface area contributed by atoms with Crippen LogP contribution in [0.3, 0.4) is 0 Å². The second kappa shape index (κ2) is 23.4. The first kappa shape index (κ1) is 31.3. The summed E-state index contributed by atoms with van der Waals surface area (Å²) in [6.45, 7) is 6.77. The third-order valence-corrected chi connectivity index (χ3v) is 7.01. The van der Waals surface area contributed by atoms with E-state index in [0.29, 0.717) is 0 Å². The summed E-state index contributed by atoms with van der Waals surface area (Å²) in [5.74, 6) is 0. The molecule has 0 heterocycles. The minimum Gasteiger partial charge on any atom is -0.450 e. The van der Waals surface area contributed by atoms with Gasteiger partial charge in [0.15, 0.2) is 0 Å². The Morgan fingerprint density at radius 3 is 1.00 bits per heavy atom. The average molecular weight is 455 g/mol. The van der Waals surface area contributed by atoms with Crippen LogP contribution in [0.2, 0.25) is 0 Å². The molecule has 3 heteroatoms. The standard InChI is InChI=1S/C29H58O3/c1-4-7-10-13-16-19-22-25-29(32-28(30)31,26-23-20-17-14-11-8-5-2)27-24-21-18-15-12-9-6-3/h4-27H2,1-3H3,(H,30,31). The smallest absolute Gasteiger partial charge is 0.450 e. The third-order valence-electron chi connectivity index (χ3n) is 7.01. The van der Waals surface area contributed by atoms with Crippen molar-refractivity contribution in [3.05, 3.63) is 0 Å². The van der Waals surface area contributed by atoms with Gasteiger partial charge in [-0.2, -0.15) is 0 Å². The summed E-state index contributed by atoms with van der Waals surface area (Å²) in [4.78, 5) is 11.6. The lowest BCUT2D eigenvalue weighted by molar-refractivity contribution is -0.0396. The number of hydrogen-bond acceptors (Lipinski definition) is 2. The number of carboxylic acid groups (broad SMARTS) is 1. The predicted octanol–water partition coefficient (Wildman–Crippen LogP) is 10.8. The lowest BCUT2D eigenvalue weighted by atomic mass is 9.84. The van der Waals surface area contributed by atoms with Crippen molar-refractivity contribution in [1.29, 1.82) is 0 Å². The van der Waals surface area contributed by atoms with Crippen LogP contribution in [0.25, 0.3) is 0 Å². The van der Waals surface area contributed by atoms with Gasteiger partial charge in [0.1, 0.15) is 5.60 Å². The Morgan fingerprint density at radius 2 is 0.750 bits per heavy atom. The minimum atomic E-state index is -1.07. The summed E-state index contributed by atoms with van der Waals surface area (Å²) >= 11 is 0. The highest BCUT2D eigenvalue weighted by atomic mass is 16.7. The van der Waals surface area contributed by atoms with E-state index in [9.17, 15) is 9.90 Å². The van der Waals surface area contributed by atoms with Crippen molar-refractivity contribution in [2.24, 2.45) is 0 Å². The van der Waals surface area contributed by atoms with Gasteiger partial charge in [0.2, 0.25) is 0 Å². The zero-order chi connectivity index (χ0) is 23.8. The lowest BCUT2D eigenvalue weighted by Crippen LogP contribution is -2.35. The average Bonchev–Trinajstić information content (AvgIpc) is 2.77. The lowest BCUT2D eigenvalue weighted by Gasteiger charge is -2.33. The van der Waals surface area contributed by atoms with Crippen LogP contribution in [-0.2, 0) is 4.74 Å². The van der Waals surface area contributed by atoms with E-state index in [1.807, 2.05) is 0 Å². The molecule has 0 aromatic rings. The molecule has 0 atom stereocenters. The Kier molecular flexibility index (Phi) is 22.9. The van der Waals surface area contributed by atoms with Gasteiger partial charge in [-0.15, -0.1) is 0 Å². The van der Waals surface area contributed by atoms with Crippen LogP contribution >= 0.6 is 0 Å². The van der Waals surface area contributed by atoms with E-state index in [-0.39, 0.29) is 0 Å². The van der Waals surface area contributed by atoms with E-state index in [1.54, 1.807) is 0 Å². The molecule has 0 radical (unpaired) electrons. The normalized spacial score (nSPS) is 11.7. The van der Waals surface area contributed by atoms with Gasteiger partial charge in [0, 0.05) is 0 Å². The van der Waals surface area contributed by atoms with E-state index in [4.69, 9.17) is 4.74 Å². The van der Waals surface area contributed by atoms with Gasteiger partial charge in [0.05, 0.1) is 0 Å². The molecule has 0 spiro atoms. The Bertz CT molecular complexity index is 348. The van der Waals surface area contributed by atoms with Gasteiger partial charge in [0.25, 0.3) is 0 Å². The summed E-state index contributed by atoms with van der Waals surface area (Å²) in [5.41, 5.74) is -0.442. The molecule has 0 bridgehead atoms. The van der Waals surface area contributed by atoms with E-state index in [1.165, 1.54) is 116 Å². The molecular formula is C29H58O3. The van der Waals surface area contributed by atoms with Crippen LogP contribution in [0.15, 0.2) is 0 Å². The molecule has 0 aromatic heterocycles. The summed E-state index contributed by atoms with van der Waals surface area (Å²) in [6, 6.07) is 0. The summed E-state index contributed by atoms with van der Waals surface area (Å²) in [7, 11) is 0. The van der Waals surface area contributed by atoms with Crippen molar-refractivity contribution < 1.29 is 14.6 Å². The third kappa shape index (κ3) is 19.9. The number of ether oxygens (including phenoxy) is 1. The van der Waals surface area contributed by atoms with Gasteiger partial charge >= 0.3 is 6.16 Å². The van der Waals surface area contributed by atoms with E-state index < -0.39 is 11.8 Å². The van der Waals surface area contributed by atoms with Crippen molar-refractivity contribution in [2.45, 2.75) is 180 Å².